The molecule has 1 unspecified atom stereocenters. The van der Waals surface area contributed by atoms with Crippen molar-refractivity contribution in [1.29, 1.82) is 0 Å². The zero-order valence-corrected chi connectivity index (χ0v) is 7.75. The van der Waals surface area contributed by atoms with E-state index in [-0.39, 0.29) is 0 Å². The van der Waals surface area contributed by atoms with Crippen molar-refractivity contribution in [1.82, 2.24) is 0 Å². The van der Waals surface area contributed by atoms with Gasteiger partial charge in [-0.15, -0.1) is 0 Å². The molecule has 0 aromatic heterocycles. The molecule has 0 aliphatic rings. The molecule has 0 aromatic carbocycles. The Kier molecular flexibility index (Phi) is 5.16. The molecule has 2 heteroatoms. The first-order valence-electron chi connectivity index (χ1n) is 2.69. The van der Waals surface area contributed by atoms with Crippen molar-refractivity contribution in [3.05, 3.63) is 0 Å². The quantitative estimate of drug-likeness (QED) is 0.641. The van der Waals surface area contributed by atoms with Crippen LogP contribution in [-0.2, 0) is 3.08 Å². The topological polar surface area (TPSA) is 17.1 Å². The fourth-order valence-corrected chi connectivity index (χ4v) is 1.65. The summed E-state index contributed by atoms with van der Waals surface area (Å²) in [4.78, 5) is 0. The third-order valence-electron chi connectivity index (χ3n) is 0.923. The van der Waals surface area contributed by atoms with Crippen LogP contribution < -0.4 is 0 Å². The minimum absolute atomic E-state index is 0.564. The van der Waals surface area contributed by atoms with Gasteiger partial charge in [0, 0.05) is 0 Å². The van der Waals surface area contributed by atoms with Crippen LogP contribution in [0.3, 0.4) is 0 Å². The molecule has 0 rings (SSSR count). The molecule has 0 fully saturated rings. The van der Waals surface area contributed by atoms with E-state index < -0.39 is 21.1 Å². The Bertz CT molecular complexity index is 54.0. The van der Waals surface area contributed by atoms with Crippen molar-refractivity contribution < 1.29 is 3.08 Å². The summed E-state index contributed by atoms with van der Waals surface area (Å²) < 4.78 is 10.8. The van der Waals surface area contributed by atoms with E-state index in [1.807, 2.05) is 0 Å². The Labute approximate surface area is 55.1 Å². The number of rotatable bonds is 3. The summed E-state index contributed by atoms with van der Waals surface area (Å²) >= 11 is -1.15. The first-order chi connectivity index (χ1) is 3.31. The summed E-state index contributed by atoms with van der Waals surface area (Å²) in [6.45, 7) is 4.20. The third-order valence-corrected chi connectivity index (χ3v) is 2.90. The maximum atomic E-state index is 10.2. The second-order valence-corrected chi connectivity index (χ2v) is 5.29. The van der Waals surface area contributed by atoms with Gasteiger partial charge < -0.3 is 0 Å². The van der Waals surface area contributed by atoms with Gasteiger partial charge in [0.05, 0.1) is 0 Å². The van der Waals surface area contributed by atoms with Crippen molar-refractivity contribution in [3.63, 3.8) is 0 Å². The van der Waals surface area contributed by atoms with Gasteiger partial charge in [-0.2, -0.15) is 0 Å². The molecule has 1 nitrogen and oxygen atoms in total. The molecule has 0 bridgehead atoms. The molecule has 0 aromatic rings. The molecule has 0 aliphatic carbocycles. The van der Waals surface area contributed by atoms with Gasteiger partial charge in [-0.1, -0.05) is 0 Å². The molecule has 1 atom stereocenters. The van der Waals surface area contributed by atoms with E-state index in [0.717, 1.165) is 6.42 Å². The van der Waals surface area contributed by atoms with Crippen LogP contribution in [-0.4, -0.2) is 21.1 Å². The van der Waals surface area contributed by atoms with Crippen LogP contribution in [0.1, 0.15) is 26.7 Å². The summed E-state index contributed by atoms with van der Waals surface area (Å²) in [5.41, 5.74) is 0. The van der Waals surface area contributed by atoms with E-state index in [1.54, 1.807) is 0 Å². The number of hydrogen-bond acceptors (Lipinski definition) is 1. The van der Waals surface area contributed by atoms with Gasteiger partial charge in [0.1, 0.15) is 0 Å². The van der Waals surface area contributed by atoms with Crippen LogP contribution >= 0.6 is 0 Å². The zero-order chi connectivity index (χ0) is 5.70. The fourth-order valence-electron chi connectivity index (χ4n) is 0.492. The van der Waals surface area contributed by atoms with Gasteiger partial charge in [0.15, 0.2) is 0 Å². The summed E-state index contributed by atoms with van der Waals surface area (Å²) in [6, 6.07) is 0. The second-order valence-electron chi connectivity index (χ2n) is 1.81. The van der Waals surface area contributed by atoms with Crippen LogP contribution in [0.25, 0.3) is 0 Å². The summed E-state index contributed by atoms with van der Waals surface area (Å²) in [6.07, 6.45) is 2.35. The van der Waals surface area contributed by atoms with E-state index >= 15 is 0 Å². The molecule has 7 heavy (non-hydrogen) atoms. The molecule has 41 valence electrons. The van der Waals surface area contributed by atoms with Crippen LogP contribution in [0.5, 0.6) is 0 Å². The van der Waals surface area contributed by atoms with E-state index in [9.17, 15) is 3.08 Å². The van der Waals surface area contributed by atoms with Crippen molar-refractivity contribution >= 4 is 21.1 Å². The van der Waals surface area contributed by atoms with Crippen LogP contribution in [0.15, 0.2) is 0 Å². The van der Waals surface area contributed by atoms with Crippen LogP contribution in [0.4, 0.5) is 0 Å². The Morgan fingerprint density at radius 2 is 2.29 bits per heavy atom. The van der Waals surface area contributed by atoms with Gasteiger partial charge in [0.25, 0.3) is 0 Å². The van der Waals surface area contributed by atoms with Gasteiger partial charge in [-0.3, -0.25) is 0 Å². The average Bonchev–Trinajstić information content (AvgIpc) is 1.68. The third kappa shape index (κ3) is 4.45. The Balaban J connectivity index is 2.98. The standard InChI is InChI=1S/C5H11.O.Sn/c1-3-5-4-2;;/h3H,4-5H2,1-2H3;;. The molecule has 0 saturated heterocycles. The van der Waals surface area contributed by atoms with Crippen LogP contribution in [0.2, 0.25) is 3.93 Å². The summed E-state index contributed by atoms with van der Waals surface area (Å²) in [5, 5.41) is 0. The maximum absolute atomic E-state index is 10.2. The SMILES string of the molecule is CCC[CH](C)[Sn]=[O]. The first kappa shape index (κ1) is 7.60. The van der Waals surface area contributed by atoms with E-state index in [0.29, 0.717) is 3.93 Å². The molecule has 1 radical (unpaired) electrons. The Morgan fingerprint density at radius 3 is 2.43 bits per heavy atom. The van der Waals surface area contributed by atoms with Gasteiger partial charge >= 0.3 is 54.8 Å². The molecular formula is C5H11OSn. The molecular weight excluding hydrogens is 195 g/mol. The molecule has 0 amide bonds. The zero-order valence-electron chi connectivity index (χ0n) is 4.90. The van der Waals surface area contributed by atoms with E-state index in [2.05, 4.69) is 13.8 Å². The first-order valence-corrected chi connectivity index (χ1v) is 5.50. The van der Waals surface area contributed by atoms with Crippen LogP contribution in [0, 0.1) is 0 Å². The van der Waals surface area contributed by atoms with Gasteiger partial charge in [0.2, 0.25) is 0 Å². The predicted octanol–water partition coefficient (Wildman–Crippen LogP) is 1.64. The molecule has 0 spiro atoms. The summed E-state index contributed by atoms with van der Waals surface area (Å²) in [7, 11) is 0. The molecule has 0 saturated carbocycles. The monoisotopic (exact) mass is 207 g/mol. The normalized spacial score (nSPS) is 13.4. The predicted molar refractivity (Wildman–Crippen MR) is 30.8 cm³/mol. The fraction of sp³-hybridized carbons (Fsp3) is 1.00. The molecule has 0 heterocycles. The van der Waals surface area contributed by atoms with Crippen molar-refractivity contribution in [2.45, 2.75) is 30.6 Å². The van der Waals surface area contributed by atoms with Crippen molar-refractivity contribution in [2.24, 2.45) is 0 Å². The minimum atomic E-state index is -1.15. The summed E-state index contributed by atoms with van der Waals surface area (Å²) in [5.74, 6) is 0. The van der Waals surface area contributed by atoms with Gasteiger partial charge in [-0.05, 0) is 0 Å². The Morgan fingerprint density at radius 1 is 1.71 bits per heavy atom. The van der Waals surface area contributed by atoms with E-state index in [4.69, 9.17) is 0 Å². The Hall–Kier alpha value is 0.599. The van der Waals surface area contributed by atoms with E-state index in [1.165, 1.54) is 6.42 Å². The average molecular weight is 206 g/mol. The van der Waals surface area contributed by atoms with Gasteiger partial charge in [-0.25, -0.2) is 0 Å². The molecule has 0 N–H and O–H groups in total. The second kappa shape index (κ2) is 4.75. The number of hydrogen-bond donors (Lipinski definition) is 0. The van der Waals surface area contributed by atoms with Crippen molar-refractivity contribution in [2.75, 3.05) is 0 Å². The van der Waals surface area contributed by atoms with Crippen molar-refractivity contribution in [3.8, 4) is 0 Å². The molecule has 0 aliphatic heterocycles.